The van der Waals surface area contributed by atoms with E-state index in [9.17, 15) is 4.39 Å². The van der Waals surface area contributed by atoms with Gasteiger partial charge < -0.3 is 0 Å². The lowest BCUT2D eigenvalue weighted by molar-refractivity contribution is 0.628. The zero-order chi connectivity index (χ0) is 9.10. The topological polar surface area (TPSA) is 25.8 Å². The van der Waals surface area contributed by atoms with E-state index in [1.54, 1.807) is 24.4 Å². The molecule has 0 aliphatic carbocycles. The zero-order valence-corrected chi connectivity index (χ0v) is 6.74. The SMILES string of the molecule is Fc1cccc(-c2n[c]ccn2)c1. The van der Waals surface area contributed by atoms with E-state index in [2.05, 4.69) is 16.2 Å². The van der Waals surface area contributed by atoms with Crippen molar-refractivity contribution in [2.75, 3.05) is 0 Å². The molecule has 0 saturated carbocycles. The van der Waals surface area contributed by atoms with Crippen molar-refractivity contribution in [1.29, 1.82) is 0 Å². The van der Waals surface area contributed by atoms with Gasteiger partial charge in [-0.05, 0) is 18.2 Å². The van der Waals surface area contributed by atoms with Crippen LogP contribution in [0.25, 0.3) is 11.4 Å². The molecule has 3 heteroatoms. The second-order valence-electron chi connectivity index (χ2n) is 2.52. The molecule has 0 bridgehead atoms. The lowest BCUT2D eigenvalue weighted by Gasteiger charge is -1.97. The summed E-state index contributed by atoms with van der Waals surface area (Å²) in [5.41, 5.74) is 0.664. The van der Waals surface area contributed by atoms with Gasteiger partial charge in [-0.3, -0.25) is 0 Å². The second-order valence-corrected chi connectivity index (χ2v) is 2.52. The molecule has 0 spiro atoms. The Balaban J connectivity index is 2.48. The molecular weight excluding hydrogens is 167 g/mol. The van der Waals surface area contributed by atoms with Crippen LogP contribution in [0.1, 0.15) is 0 Å². The highest BCUT2D eigenvalue weighted by Crippen LogP contribution is 2.13. The van der Waals surface area contributed by atoms with Crippen LogP contribution in [0.5, 0.6) is 0 Å². The molecule has 0 aliphatic heterocycles. The van der Waals surface area contributed by atoms with Crippen molar-refractivity contribution in [2.45, 2.75) is 0 Å². The van der Waals surface area contributed by atoms with E-state index in [1.165, 1.54) is 12.1 Å². The lowest BCUT2D eigenvalue weighted by atomic mass is 10.2. The van der Waals surface area contributed by atoms with E-state index in [0.29, 0.717) is 11.4 Å². The van der Waals surface area contributed by atoms with Gasteiger partial charge in [-0.25, -0.2) is 14.4 Å². The first-order chi connectivity index (χ1) is 6.36. The molecule has 0 aliphatic rings. The molecule has 1 aromatic heterocycles. The van der Waals surface area contributed by atoms with Crippen molar-refractivity contribution >= 4 is 0 Å². The number of aromatic nitrogens is 2. The molecule has 63 valence electrons. The van der Waals surface area contributed by atoms with E-state index < -0.39 is 0 Å². The van der Waals surface area contributed by atoms with Gasteiger partial charge in [0.25, 0.3) is 0 Å². The number of hydrogen-bond acceptors (Lipinski definition) is 2. The highest BCUT2D eigenvalue weighted by Gasteiger charge is 1.99. The van der Waals surface area contributed by atoms with Crippen LogP contribution in [0.3, 0.4) is 0 Å². The molecule has 0 unspecified atom stereocenters. The van der Waals surface area contributed by atoms with Gasteiger partial charge >= 0.3 is 0 Å². The van der Waals surface area contributed by atoms with Crippen LogP contribution in [0.2, 0.25) is 0 Å². The number of benzene rings is 1. The van der Waals surface area contributed by atoms with Crippen LogP contribution >= 0.6 is 0 Å². The normalized spacial score (nSPS) is 9.92. The second kappa shape index (κ2) is 3.31. The molecular formula is C10H6FN2. The molecule has 0 atom stereocenters. The Kier molecular flexibility index (Phi) is 2.00. The van der Waals surface area contributed by atoms with Gasteiger partial charge in [-0.1, -0.05) is 12.1 Å². The number of rotatable bonds is 1. The van der Waals surface area contributed by atoms with Crippen molar-refractivity contribution in [3.8, 4) is 11.4 Å². The Labute approximate surface area is 75.1 Å². The summed E-state index contributed by atoms with van der Waals surface area (Å²) in [4.78, 5) is 7.87. The smallest absolute Gasteiger partial charge is 0.159 e. The molecule has 13 heavy (non-hydrogen) atoms. The van der Waals surface area contributed by atoms with E-state index in [-0.39, 0.29) is 5.82 Å². The van der Waals surface area contributed by atoms with Crippen molar-refractivity contribution in [3.63, 3.8) is 0 Å². The lowest BCUT2D eigenvalue weighted by Crippen LogP contribution is -1.87. The van der Waals surface area contributed by atoms with Crippen LogP contribution in [0.4, 0.5) is 4.39 Å². The molecule has 2 rings (SSSR count). The molecule has 0 N–H and O–H groups in total. The quantitative estimate of drug-likeness (QED) is 0.659. The summed E-state index contributed by atoms with van der Waals surface area (Å²) < 4.78 is 12.8. The fourth-order valence-electron chi connectivity index (χ4n) is 1.04. The number of hydrogen-bond donors (Lipinski definition) is 0. The predicted molar refractivity (Wildman–Crippen MR) is 46.3 cm³/mol. The summed E-state index contributed by atoms with van der Waals surface area (Å²) in [6, 6.07) is 7.76. The van der Waals surface area contributed by atoms with Gasteiger partial charge in [0.05, 0.1) is 6.20 Å². The first-order valence-electron chi connectivity index (χ1n) is 3.81. The van der Waals surface area contributed by atoms with E-state index in [1.807, 2.05) is 0 Å². The van der Waals surface area contributed by atoms with Gasteiger partial charge in [0, 0.05) is 11.8 Å². The van der Waals surface area contributed by atoms with Gasteiger partial charge in [0.1, 0.15) is 5.82 Å². The molecule has 1 aromatic carbocycles. The zero-order valence-electron chi connectivity index (χ0n) is 6.74. The molecule has 1 heterocycles. The van der Waals surface area contributed by atoms with Crippen molar-refractivity contribution in [3.05, 3.63) is 48.5 Å². The summed E-state index contributed by atoms with van der Waals surface area (Å²) in [5.74, 6) is 0.201. The third kappa shape index (κ3) is 1.69. The van der Waals surface area contributed by atoms with Crippen LogP contribution in [0.15, 0.2) is 36.5 Å². The summed E-state index contributed by atoms with van der Waals surface area (Å²) in [6.07, 6.45) is 4.22. The first-order valence-corrected chi connectivity index (χ1v) is 3.81. The van der Waals surface area contributed by atoms with E-state index >= 15 is 0 Å². The fourth-order valence-corrected chi connectivity index (χ4v) is 1.04. The Bertz CT molecular complexity index is 401. The summed E-state index contributed by atoms with van der Waals surface area (Å²) in [6.45, 7) is 0. The summed E-state index contributed by atoms with van der Waals surface area (Å²) >= 11 is 0. The van der Waals surface area contributed by atoms with Crippen molar-refractivity contribution in [2.24, 2.45) is 0 Å². The fraction of sp³-hybridized carbons (Fsp3) is 0. The summed E-state index contributed by atoms with van der Waals surface area (Å²) in [7, 11) is 0. The van der Waals surface area contributed by atoms with E-state index in [4.69, 9.17) is 0 Å². The minimum atomic E-state index is -0.287. The Morgan fingerprint density at radius 3 is 2.92 bits per heavy atom. The largest absolute Gasteiger partial charge is 0.237 e. The minimum Gasteiger partial charge on any atom is -0.237 e. The Morgan fingerprint density at radius 1 is 1.31 bits per heavy atom. The highest BCUT2D eigenvalue weighted by molar-refractivity contribution is 5.53. The van der Waals surface area contributed by atoms with Crippen molar-refractivity contribution < 1.29 is 4.39 Å². The molecule has 0 fully saturated rings. The van der Waals surface area contributed by atoms with Crippen LogP contribution < -0.4 is 0 Å². The molecule has 2 nitrogen and oxygen atoms in total. The van der Waals surface area contributed by atoms with Gasteiger partial charge in [0.15, 0.2) is 5.82 Å². The minimum absolute atomic E-state index is 0.287. The highest BCUT2D eigenvalue weighted by atomic mass is 19.1. The first kappa shape index (κ1) is 7.86. The third-order valence-corrected chi connectivity index (χ3v) is 1.60. The molecule has 0 saturated heterocycles. The maximum absolute atomic E-state index is 12.8. The molecule has 0 amide bonds. The Morgan fingerprint density at radius 2 is 2.23 bits per heavy atom. The average molecular weight is 173 g/mol. The monoisotopic (exact) mass is 173 g/mol. The number of halogens is 1. The van der Waals surface area contributed by atoms with Crippen LogP contribution in [-0.2, 0) is 0 Å². The van der Waals surface area contributed by atoms with Gasteiger partial charge in [-0.15, -0.1) is 0 Å². The van der Waals surface area contributed by atoms with Crippen LogP contribution in [0, 0.1) is 12.0 Å². The average Bonchev–Trinajstić information content (AvgIpc) is 2.19. The van der Waals surface area contributed by atoms with Crippen LogP contribution in [-0.4, -0.2) is 9.97 Å². The molecule has 1 radical (unpaired) electrons. The predicted octanol–water partition coefficient (Wildman–Crippen LogP) is 2.08. The standard InChI is InChI=1S/C10H6FN2/c11-9-4-1-3-8(7-9)10-12-5-2-6-13-10/h1-5,7H. The maximum Gasteiger partial charge on any atom is 0.159 e. The Hall–Kier alpha value is -1.77. The van der Waals surface area contributed by atoms with E-state index in [0.717, 1.165) is 0 Å². The summed E-state index contributed by atoms with van der Waals surface area (Å²) in [5, 5.41) is 0. The number of nitrogens with zero attached hydrogens (tertiary/aromatic N) is 2. The van der Waals surface area contributed by atoms with Gasteiger partial charge in [0.2, 0.25) is 0 Å². The third-order valence-electron chi connectivity index (χ3n) is 1.60. The maximum atomic E-state index is 12.8. The van der Waals surface area contributed by atoms with Gasteiger partial charge in [-0.2, -0.15) is 0 Å². The van der Waals surface area contributed by atoms with Crippen molar-refractivity contribution in [1.82, 2.24) is 9.97 Å². The molecule has 2 aromatic rings.